The summed E-state index contributed by atoms with van der Waals surface area (Å²) in [4.78, 5) is 21.7. The third kappa shape index (κ3) is 10.1. The van der Waals surface area contributed by atoms with Gasteiger partial charge in [-0.15, -0.1) is 0 Å². The van der Waals surface area contributed by atoms with E-state index < -0.39 is 0 Å². The maximum absolute atomic E-state index is 12.3. The van der Waals surface area contributed by atoms with Crippen molar-refractivity contribution >= 4 is 5.97 Å². The van der Waals surface area contributed by atoms with Gasteiger partial charge in [-0.25, -0.2) is 0 Å². The molecule has 0 bridgehead atoms. The van der Waals surface area contributed by atoms with Gasteiger partial charge in [-0.05, 0) is 22.3 Å². The van der Waals surface area contributed by atoms with Crippen molar-refractivity contribution in [3.05, 3.63) is 144 Å². The van der Waals surface area contributed by atoms with Crippen LogP contribution in [0.4, 0.5) is 0 Å². The Kier molecular flexibility index (Phi) is 12.9. The lowest BCUT2D eigenvalue weighted by Crippen LogP contribution is -2.55. The van der Waals surface area contributed by atoms with Crippen LogP contribution in [-0.4, -0.2) is 95.7 Å². The van der Waals surface area contributed by atoms with Crippen LogP contribution < -0.4 is 0 Å². The molecule has 7 nitrogen and oxygen atoms in total. The zero-order valence-electron chi connectivity index (χ0n) is 27.0. The highest BCUT2D eigenvalue weighted by molar-refractivity contribution is 5.76. The Hall–Kier alpha value is -3.85. The number of hydrogen-bond acceptors (Lipinski definition) is 7. The molecule has 4 aromatic rings. The highest BCUT2D eigenvalue weighted by Gasteiger charge is 2.33. The molecule has 2 unspecified atom stereocenters. The van der Waals surface area contributed by atoms with E-state index in [1.165, 1.54) is 29.4 Å². The Balaban J connectivity index is 0.000000182. The Labute approximate surface area is 274 Å². The molecule has 0 radical (unpaired) electrons. The Bertz CT molecular complexity index is 1430. The summed E-state index contributed by atoms with van der Waals surface area (Å²) in [5.41, 5.74) is 5.16. The quantitative estimate of drug-likeness (QED) is 0.253. The van der Waals surface area contributed by atoms with Crippen LogP contribution in [0.25, 0.3) is 0 Å². The molecule has 2 heterocycles. The van der Waals surface area contributed by atoms with Gasteiger partial charge in [0, 0.05) is 71.5 Å². The predicted octanol–water partition coefficient (Wildman–Crippen LogP) is 4.91. The lowest BCUT2D eigenvalue weighted by atomic mass is 10.1. The molecular formula is C39H48N4O3. The molecule has 0 amide bonds. The second-order valence-corrected chi connectivity index (χ2v) is 12.2. The molecule has 6 rings (SSSR count). The van der Waals surface area contributed by atoms with Crippen molar-refractivity contribution in [1.82, 2.24) is 19.6 Å². The van der Waals surface area contributed by atoms with Gasteiger partial charge in [-0.1, -0.05) is 121 Å². The summed E-state index contributed by atoms with van der Waals surface area (Å²) in [6.45, 7) is 9.27. The van der Waals surface area contributed by atoms with Crippen molar-refractivity contribution in [3.8, 4) is 0 Å². The minimum absolute atomic E-state index is 0.149. The van der Waals surface area contributed by atoms with E-state index in [0.717, 1.165) is 58.9 Å². The van der Waals surface area contributed by atoms with E-state index in [-0.39, 0.29) is 24.7 Å². The van der Waals surface area contributed by atoms with Crippen LogP contribution in [0.15, 0.2) is 121 Å². The molecule has 2 fully saturated rings. The van der Waals surface area contributed by atoms with Gasteiger partial charge in [0.25, 0.3) is 0 Å². The van der Waals surface area contributed by atoms with Crippen molar-refractivity contribution in [3.63, 3.8) is 0 Å². The summed E-state index contributed by atoms with van der Waals surface area (Å²) in [7, 11) is 1.47. The molecule has 0 saturated carbocycles. The fourth-order valence-corrected chi connectivity index (χ4v) is 6.37. The van der Waals surface area contributed by atoms with Gasteiger partial charge in [0.15, 0.2) is 0 Å². The number of aliphatic hydroxyl groups is 1. The van der Waals surface area contributed by atoms with Gasteiger partial charge in [-0.2, -0.15) is 0 Å². The summed E-state index contributed by atoms with van der Waals surface area (Å²) >= 11 is 0. The summed E-state index contributed by atoms with van der Waals surface area (Å²) in [5, 5.41) is 9.75. The van der Waals surface area contributed by atoms with Crippen LogP contribution in [0, 0.1) is 0 Å². The first-order chi connectivity index (χ1) is 22.6. The van der Waals surface area contributed by atoms with Gasteiger partial charge < -0.3 is 9.84 Å². The number of hydrogen-bond donors (Lipinski definition) is 1. The smallest absolute Gasteiger partial charge is 0.324 e. The van der Waals surface area contributed by atoms with E-state index >= 15 is 0 Å². The average Bonchev–Trinajstić information content (AvgIpc) is 3.11. The lowest BCUT2D eigenvalue weighted by molar-refractivity contribution is -0.150. The largest absolute Gasteiger partial charge is 0.468 e. The number of carbonyl (C=O) groups is 1. The number of benzene rings is 4. The van der Waals surface area contributed by atoms with Crippen molar-refractivity contribution < 1.29 is 14.6 Å². The zero-order valence-corrected chi connectivity index (χ0v) is 27.0. The summed E-state index contributed by atoms with van der Waals surface area (Å²) in [6.07, 6.45) is 0. The number of methoxy groups -OCH3 is 1. The van der Waals surface area contributed by atoms with Crippen LogP contribution in [0.5, 0.6) is 0 Å². The molecule has 7 heteroatoms. The topological polar surface area (TPSA) is 59.5 Å². The summed E-state index contributed by atoms with van der Waals surface area (Å²) in [6, 6.07) is 41.8. The van der Waals surface area contributed by atoms with Crippen LogP contribution in [0.2, 0.25) is 0 Å². The molecule has 0 aromatic heterocycles. The summed E-state index contributed by atoms with van der Waals surface area (Å²) in [5.74, 6) is -0.149. The Morgan fingerprint density at radius 1 is 0.587 bits per heavy atom. The van der Waals surface area contributed by atoms with E-state index in [9.17, 15) is 9.90 Å². The first-order valence-electron chi connectivity index (χ1n) is 16.4. The standard InChI is InChI=1S/C20H24N2O2.C19H24N2O/c1-24-20(23)19-16-21(14-17-8-4-2-5-9-17)12-13-22(19)15-18-10-6-3-7-11-18;22-16-19-15-20(13-17-7-3-1-4-8-17)11-12-21(19)14-18-9-5-2-6-10-18/h2-11,19H,12-16H2,1H3;1-10,19,22H,11-16H2. The van der Waals surface area contributed by atoms with Crippen LogP contribution in [-0.2, 0) is 35.7 Å². The van der Waals surface area contributed by atoms with Crippen LogP contribution in [0.3, 0.4) is 0 Å². The Morgan fingerprint density at radius 2 is 0.978 bits per heavy atom. The van der Waals surface area contributed by atoms with E-state index in [1.54, 1.807) is 0 Å². The van der Waals surface area contributed by atoms with Crippen molar-refractivity contribution in [2.24, 2.45) is 0 Å². The molecule has 2 saturated heterocycles. The minimum Gasteiger partial charge on any atom is -0.468 e. The maximum atomic E-state index is 12.3. The van der Waals surface area contributed by atoms with Crippen molar-refractivity contribution in [1.29, 1.82) is 0 Å². The number of rotatable bonds is 10. The van der Waals surface area contributed by atoms with Crippen molar-refractivity contribution in [2.75, 3.05) is 53.0 Å². The third-order valence-electron chi connectivity index (χ3n) is 8.90. The van der Waals surface area contributed by atoms with E-state index in [1.807, 2.05) is 30.3 Å². The second-order valence-electron chi connectivity index (χ2n) is 12.2. The molecule has 0 aliphatic carbocycles. The monoisotopic (exact) mass is 620 g/mol. The van der Waals surface area contributed by atoms with Gasteiger partial charge in [0.2, 0.25) is 0 Å². The lowest BCUT2D eigenvalue weighted by Gasteiger charge is -2.40. The van der Waals surface area contributed by atoms with Gasteiger partial charge in [-0.3, -0.25) is 24.4 Å². The summed E-state index contributed by atoms with van der Waals surface area (Å²) < 4.78 is 5.05. The molecule has 2 aliphatic rings. The van der Waals surface area contributed by atoms with Gasteiger partial charge in [0.05, 0.1) is 13.7 Å². The molecule has 2 atom stereocenters. The van der Waals surface area contributed by atoms with Gasteiger partial charge in [0.1, 0.15) is 6.04 Å². The van der Waals surface area contributed by atoms with E-state index in [4.69, 9.17) is 4.74 Å². The van der Waals surface area contributed by atoms with Gasteiger partial charge >= 0.3 is 5.97 Å². The van der Waals surface area contributed by atoms with E-state index in [0.29, 0.717) is 6.54 Å². The number of esters is 1. The number of aliphatic hydroxyl groups excluding tert-OH is 1. The molecule has 0 spiro atoms. The van der Waals surface area contributed by atoms with Crippen LogP contribution >= 0.6 is 0 Å². The highest BCUT2D eigenvalue weighted by Crippen LogP contribution is 2.18. The zero-order chi connectivity index (χ0) is 32.0. The first kappa shape index (κ1) is 33.5. The molecule has 1 N–H and O–H groups in total. The van der Waals surface area contributed by atoms with Crippen molar-refractivity contribution in [2.45, 2.75) is 38.3 Å². The highest BCUT2D eigenvalue weighted by atomic mass is 16.5. The average molecular weight is 621 g/mol. The van der Waals surface area contributed by atoms with E-state index in [2.05, 4.69) is 111 Å². The SMILES string of the molecule is COC(=O)C1CN(Cc2ccccc2)CCN1Cc1ccccc1.OCC1CN(Cc2ccccc2)CCN1Cc1ccccc1. The fourth-order valence-electron chi connectivity index (χ4n) is 6.37. The molecular weight excluding hydrogens is 572 g/mol. The van der Waals surface area contributed by atoms with Crippen LogP contribution in [0.1, 0.15) is 22.3 Å². The minimum atomic E-state index is -0.215. The number of nitrogens with zero attached hydrogens (tertiary/aromatic N) is 4. The molecule has 46 heavy (non-hydrogen) atoms. The third-order valence-corrected chi connectivity index (χ3v) is 8.90. The molecule has 2 aliphatic heterocycles. The maximum Gasteiger partial charge on any atom is 0.324 e. The Morgan fingerprint density at radius 3 is 1.41 bits per heavy atom. The number of carbonyl (C=O) groups excluding carboxylic acids is 1. The normalized spacial score (nSPS) is 19.6. The number of piperazine rings is 2. The molecule has 4 aromatic carbocycles. The number of ether oxygens (including phenoxy) is 1. The first-order valence-corrected chi connectivity index (χ1v) is 16.4. The predicted molar refractivity (Wildman–Crippen MR) is 184 cm³/mol. The molecule has 242 valence electrons. The fraction of sp³-hybridized carbons (Fsp3) is 0.359. The second kappa shape index (κ2) is 17.7.